The van der Waals surface area contributed by atoms with Crippen LogP contribution in [0.3, 0.4) is 0 Å². The fraction of sp³-hybridized carbons (Fsp3) is 0.647. The molecule has 3 rings (SSSR count). The van der Waals surface area contributed by atoms with E-state index in [0.29, 0.717) is 24.4 Å². The lowest BCUT2D eigenvalue weighted by atomic mass is 9.88. The predicted molar refractivity (Wildman–Crippen MR) is 164 cm³/mol. The first-order chi connectivity index (χ1) is 19.1. The molecule has 0 aromatic heterocycles. The van der Waals surface area contributed by atoms with Gasteiger partial charge in [-0.1, -0.05) is 87.4 Å². The number of rotatable bonds is 17. The number of aliphatic hydroxyl groups is 3. The summed E-state index contributed by atoms with van der Waals surface area (Å²) in [5, 5.41) is 33.0. The van der Waals surface area contributed by atoms with E-state index >= 15 is 0 Å². The number of benzene rings is 2. The van der Waals surface area contributed by atoms with Crippen molar-refractivity contribution in [3.8, 4) is 0 Å². The molecule has 1 saturated heterocycles. The van der Waals surface area contributed by atoms with Crippen LogP contribution in [0.1, 0.15) is 88.7 Å². The van der Waals surface area contributed by atoms with Crippen LogP contribution in [0.5, 0.6) is 0 Å². The highest BCUT2D eigenvalue weighted by Gasteiger charge is 2.25. The maximum Gasteiger partial charge on any atom is 0.0673 e. The summed E-state index contributed by atoms with van der Waals surface area (Å²) in [5.41, 5.74) is 2.75. The third-order valence-electron chi connectivity index (χ3n) is 7.94. The van der Waals surface area contributed by atoms with Crippen molar-refractivity contribution < 1.29 is 15.3 Å². The Morgan fingerprint density at radius 1 is 0.897 bits per heavy atom. The number of piperidine rings is 1. The molecule has 2 aromatic rings. The first-order valence-electron chi connectivity index (χ1n) is 15.5. The van der Waals surface area contributed by atoms with Crippen molar-refractivity contribution in [3.63, 3.8) is 0 Å². The summed E-state index contributed by atoms with van der Waals surface area (Å²) < 4.78 is 0. The Hall–Kier alpha value is -1.76. The molecule has 3 atom stereocenters. The van der Waals surface area contributed by atoms with E-state index in [4.69, 9.17) is 5.11 Å². The van der Waals surface area contributed by atoms with Crippen LogP contribution in [0.2, 0.25) is 0 Å². The average Bonchev–Trinajstić information content (AvgIpc) is 2.99. The second-order valence-corrected chi connectivity index (χ2v) is 11.4. The highest BCUT2D eigenvalue weighted by Crippen LogP contribution is 2.28. The van der Waals surface area contributed by atoms with Crippen LogP contribution in [-0.4, -0.2) is 71.8 Å². The molecule has 4 N–H and O–H groups in total. The van der Waals surface area contributed by atoms with E-state index in [-0.39, 0.29) is 19.3 Å². The fourth-order valence-electron chi connectivity index (χ4n) is 5.42. The Kier molecular flexibility index (Phi) is 18.1. The van der Waals surface area contributed by atoms with Crippen LogP contribution in [0, 0.1) is 5.92 Å². The first kappa shape index (κ1) is 33.4. The molecular weight excluding hydrogens is 484 g/mol. The van der Waals surface area contributed by atoms with Gasteiger partial charge in [0, 0.05) is 25.8 Å². The maximum absolute atomic E-state index is 11.0. The quantitative estimate of drug-likeness (QED) is 0.191. The summed E-state index contributed by atoms with van der Waals surface area (Å²) in [5.74, 6) is 0.621. The van der Waals surface area contributed by atoms with E-state index in [2.05, 4.69) is 78.7 Å². The molecule has 220 valence electrons. The van der Waals surface area contributed by atoms with Crippen LogP contribution in [0.4, 0.5) is 0 Å². The van der Waals surface area contributed by atoms with E-state index < -0.39 is 0 Å². The first-order valence-corrected chi connectivity index (χ1v) is 15.5. The number of nitrogens with zero attached hydrogens (tertiary/aromatic N) is 1. The van der Waals surface area contributed by atoms with E-state index in [1.807, 2.05) is 6.07 Å². The number of unbranched alkanes of at least 4 members (excludes halogenated alkanes) is 2. The van der Waals surface area contributed by atoms with Crippen molar-refractivity contribution in [2.24, 2.45) is 5.92 Å². The third kappa shape index (κ3) is 14.4. The van der Waals surface area contributed by atoms with E-state index in [1.165, 1.54) is 30.4 Å². The molecule has 5 heteroatoms. The molecule has 1 heterocycles. The largest absolute Gasteiger partial charge is 0.396 e. The van der Waals surface area contributed by atoms with Gasteiger partial charge in [-0.3, -0.25) is 4.90 Å². The molecule has 0 aliphatic carbocycles. The smallest absolute Gasteiger partial charge is 0.0673 e. The molecule has 1 aliphatic heterocycles. The van der Waals surface area contributed by atoms with E-state index in [0.717, 1.165) is 64.6 Å². The number of hydrogen-bond acceptors (Lipinski definition) is 5. The zero-order chi connectivity index (χ0) is 28.1. The average molecular weight is 541 g/mol. The van der Waals surface area contributed by atoms with Gasteiger partial charge in [0.05, 0.1) is 6.10 Å². The Bertz CT molecular complexity index is 814. The van der Waals surface area contributed by atoms with E-state index in [1.54, 1.807) is 0 Å². The normalized spacial score (nSPS) is 16.4. The second-order valence-electron chi connectivity index (χ2n) is 11.4. The molecule has 5 nitrogen and oxygen atoms in total. The zero-order valence-corrected chi connectivity index (χ0v) is 24.7. The zero-order valence-electron chi connectivity index (χ0n) is 24.7. The van der Waals surface area contributed by atoms with Crippen molar-refractivity contribution >= 4 is 0 Å². The van der Waals surface area contributed by atoms with Gasteiger partial charge in [-0.15, -0.1) is 0 Å². The van der Waals surface area contributed by atoms with Crippen molar-refractivity contribution in [3.05, 3.63) is 71.8 Å². The molecule has 0 amide bonds. The third-order valence-corrected chi connectivity index (χ3v) is 7.94. The SMILES string of the molecule is CC(CO)CCN(CC(O)CC(CCCCO)c1ccccc1)C1CCNCC1.CCCCc1ccccc1. The number of aryl methyl sites for hydroxylation is 1. The van der Waals surface area contributed by atoms with Gasteiger partial charge in [0.1, 0.15) is 0 Å². The monoisotopic (exact) mass is 540 g/mol. The van der Waals surface area contributed by atoms with E-state index in [9.17, 15) is 10.2 Å². The van der Waals surface area contributed by atoms with Crippen molar-refractivity contribution in [1.82, 2.24) is 10.2 Å². The van der Waals surface area contributed by atoms with Crippen LogP contribution >= 0.6 is 0 Å². The summed E-state index contributed by atoms with van der Waals surface area (Å²) in [4.78, 5) is 2.47. The summed E-state index contributed by atoms with van der Waals surface area (Å²) in [6.45, 7) is 8.49. The number of nitrogens with one attached hydrogen (secondary N) is 1. The van der Waals surface area contributed by atoms with Gasteiger partial charge in [0.25, 0.3) is 0 Å². The highest BCUT2D eigenvalue weighted by atomic mass is 16.3. The topological polar surface area (TPSA) is 76.0 Å². The fourth-order valence-corrected chi connectivity index (χ4v) is 5.42. The summed E-state index contributed by atoms with van der Waals surface area (Å²) in [6.07, 6.45) is 10.2. The lowest BCUT2D eigenvalue weighted by molar-refractivity contribution is 0.0601. The molecule has 0 spiro atoms. The lowest BCUT2D eigenvalue weighted by Crippen LogP contribution is -2.47. The predicted octanol–water partition coefficient (Wildman–Crippen LogP) is 5.79. The van der Waals surface area contributed by atoms with Gasteiger partial charge in [-0.25, -0.2) is 0 Å². The Balaban J connectivity index is 0.000000446. The summed E-state index contributed by atoms with van der Waals surface area (Å²) in [7, 11) is 0. The van der Waals surface area contributed by atoms with Gasteiger partial charge in [0.2, 0.25) is 0 Å². The van der Waals surface area contributed by atoms with Gasteiger partial charge < -0.3 is 20.6 Å². The van der Waals surface area contributed by atoms with Crippen LogP contribution in [0.25, 0.3) is 0 Å². The Labute approximate surface area is 238 Å². The molecule has 39 heavy (non-hydrogen) atoms. The van der Waals surface area contributed by atoms with Crippen molar-refractivity contribution in [2.45, 2.75) is 96.1 Å². The number of aliphatic hydroxyl groups excluding tert-OH is 3. The van der Waals surface area contributed by atoms with Crippen LogP contribution < -0.4 is 5.32 Å². The van der Waals surface area contributed by atoms with Crippen LogP contribution in [0.15, 0.2) is 60.7 Å². The molecule has 3 unspecified atom stereocenters. The van der Waals surface area contributed by atoms with Crippen LogP contribution in [-0.2, 0) is 6.42 Å². The van der Waals surface area contributed by atoms with Crippen molar-refractivity contribution in [2.75, 3.05) is 39.4 Å². The maximum atomic E-state index is 11.0. The Morgan fingerprint density at radius 3 is 2.18 bits per heavy atom. The molecule has 0 saturated carbocycles. The molecule has 0 radical (unpaired) electrons. The molecule has 0 bridgehead atoms. The van der Waals surface area contributed by atoms with Gasteiger partial charge in [-0.2, -0.15) is 0 Å². The molecule has 1 aliphatic rings. The highest BCUT2D eigenvalue weighted by molar-refractivity contribution is 5.19. The van der Waals surface area contributed by atoms with Crippen molar-refractivity contribution in [1.29, 1.82) is 0 Å². The second kappa shape index (κ2) is 21.0. The summed E-state index contributed by atoms with van der Waals surface area (Å²) >= 11 is 0. The molecule has 2 aromatic carbocycles. The minimum Gasteiger partial charge on any atom is -0.396 e. The minimum absolute atomic E-state index is 0.226. The lowest BCUT2D eigenvalue weighted by Gasteiger charge is -2.37. The summed E-state index contributed by atoms with van der Waals surface area (Å²) in [6, 6.07) is 21.6. The number of hydrogen-bond donors (Lipinski definition) is 4. The van der Waals surface area contributed by atoms with Gasteiger partial charge in [0.15, 0.2) is 0 Å². The Morgan fingerprint density at radius 2 is 1.56 bits per heavy atom. The molecular formula is C34H56N2O3. The van der Waals surface area contributed by atoms with Gasteiger partial charge in [-0.05, 0) is 94.0 Å². The minimum atomic E-state index is -0.367. The van der Waals surface area contributed by atoms with Gasteiger partial charge >= 0.3 is 0 Å². The molecule has 1 fully saturated rings. The standard InChI is InChI=1S/C24H42N2O3.C10H14/c1-20(19-28)12-15-26(23-10-13-25-14-11-23)18-24(29)17-22(9-5-6-16-27)21-7-3-2-4-8-21;1-2-3-7-10-8-5-4-6-9-10/h2-4,7-8,20,22-25,27-29H,5-6,9-19H2,1H3;4-6,8-9H,2-3,7H2,1H3.